The summed E-state index contributed by atoms with van der Waals surface area (Å²) in [5.74, 6) is -3.37. The molecule has 1 unspecified atom stereocenters. The van der Waals surface area contributed by atoms with Crippen molar-refractivity contribution in [3.63, 3.8) is 0 Å². The topological polar surface area (TPSA) is 74.5 Å². The summed E-state index contributed by atoms with van der Waals surface area (Å²) in [6.07, 6.45) is 1.35. The van der Waals surface area contributed by atoms with Gasteiger partial charge in [-0.25, -0.2) is 18.0 Å². The van der Waals surface area contributed by atoms with Crippen LogP contribution in [0.15, 0.2) is 34.9 Å². The second-order valence-electron chi connectivity index (χ2n) is 4.80. The number of hydrogen-bond donors (Lipinski definition) is 3. The number of rotatable bonds is 4. The molecule has 2 amide bonds. The summed E-state index contributed by atoms with van der Waals surface area (Å²) in [6.45, 7) is 1.13. The fourth-order valence-electron chi connectivity index (χ4n) is 1.74. The lowest BCUT2D eigenvalue weighted by atomic mass is 10.0. The van der Waals surface area contributed by atoms with Crippen molar-refractivity contribution in [2.75, 3.05) is 11.9 Å². The van der Waals surface area contributed by atoms with Gasteiger partial charge in [0.25, 0.3) is 0 Å². The van der Waals surface area contributed by atoms with E-state index in [1.54, 1.807) is 6.07 Å². The van der Waals surface area contributed by atoms with Crippen molar-refractivity contribution < 1.29 is 27.5 Å². The number of benzene rings is 1. The van der Waals surface area contributed by atoms with Crippen LogP contribution in [0.3, 0.4) is 0 Å². The summed E-state index contributed by atoms with van der Waals surface area (Å²) in [5, 5.41) is 14.3. The first kappa shape index (κ1) is 15.9. The van der Waals surface area contributed by atoms with Crippen molar-refractivity contribution in [3.8, 4) is 0 Å². The van der Waals surface area contributed by atoms with Crippen LogP contribution in [0, 0.1) is 17.5 Å². The Balaban J connectivity index is 2.00. The maximum atomic E-state index is 13.4. The summed E-state index contributed by atoms with van der Waals surface area (Å²) < 4.78 is 44.5. The second-order valence-corrected chi connectivity index (χ2v) is 4.80. The molecule has 0 aliphatic heterocycles. The first-order valence-corrected chi connectivity index (χ1v) is 6.25. The summed E-state index contributed by atoms with van der Waals surface area (Å²) in [4.78, 5) is 11.6. The van der Waals surface area contributed by atoms with Crippen LogP contribution >= 0.6 is 0 Å². The van der Waals surface area contributed by atoms with Gasteiger partial charge in [0, 0.05) is 12.1 Å². The molecule has 1 aromatic carbocycles. The van der Waals surface area contributed by atoms with E-state index in [9.17, 15) is 23.1 Å². The predicted molar refractivity (Wildman–Crippen MR) is 71.6 cm³/mol. The van der Waals surface area contributed by atoms with E-state index in [1.165, 1.54) is 19.3 Å². The van der Waals surface area contributed by atoms with Crippen molar-refractivity contribution in [2.24, 2.45) is 0 Å². The summed E-state index contributed by atoms with van der Waals surface area (Å²) in [7, 11) is 0. The molecular formula is C14H13F3N2O3. The molecule has 0 saturated carbocycles. The Morgan fingerprint density at radius 3 is 2.50 bits per heavy atom. The molecule has 1 aromatic heterocycles. The molecule has 5 nitrogen and oxygen atoms in total. The van der Waals surface area contributed by atoms with E-state index >= 15 is 0 Å². The number of urea groups is 1. The standard InChI is InChI=1S/C14H13F3N2O3/c1-14(21,11-3-2-4-22-11)7-18-13(20)19-12-9(16)5-8(15)6-10(12)17/h2-6,21H,7H2,1H3,(H2,18,19,20). The van der Waals surface area contributed by atoms with E-state index in [0.29, 0.717) is 12.1 Å². The van der Waals surface area contributed by atoms with Crippen molar-refractivity contribution >= 4 is 11.7 Å². The van der Waals surface area contributed by atoms with Gasteiger partial charge >= 0.3 is 6.03 Å². The van der Waals surface area contributed by atoms with Crippen LogP contribution in [-0.4, -0.2) is 17.7 Å². The Hall–Kier alpha value is -2.48. The largest absolute Gasteiger partial charge is 0.466 e. The molecule has 3 N–H and O–H groups in total. The zero-order valence-electron chi connectivity index (χ0n) is 11.5. The van der Waals surface area contributed by atoms with Crippen LogP contribution in [0.4, 0.5) is 23.7 Å². The van der Waals surface area contributed by atoms with Crippen LogP contribution in [0.25, 0.3) is 0 Å². The normalized spacial score (nSPS) is 13.5. The number of furan rings is 1. The van der Waals surface area contributed by atoms with Crippen LogP contribution in [0.5, 0.6) is 0 Å². The van der Waals surface area contributed by atoms with Crippen LogP contribution < -0.4 is 10.6 Å². The van der Waals surface area contributed by atoms with Gasteiger partial charge in [-0.3, -0.25) is 0 Å². The van der Waals surface area contributed by atoms with Gasteiger partial charge in [-0.1, -0.05) is 0 Å². The van der Waals surface area contributed by atoms with E-state index in [4.69, 9.17) is 4.42 Å². The minimum atomic E-state index is -1.50. The third-order valence-corrected chi connectivity index (χ3v) is 2.89. The van der Waals surface area contributed by atoms with Crippen LogP contribution in [-0.2, 0) is 5.60 Å². The molecule has 0 fully saturated rings. The molecule has 0 radical (unpaired) electrons. The molecule has 8 heteroatoms. The molecule has 2 aromatic rings. The third-order valence-electron chi connectivity index (χ3n) is 2.89. The van der Waals surface area contributed by atoms with E-state index in [2.05, 4.69) is 5.32 Å². The number of hydrogen-bond acceptors (Lipinski definition) is 3. The highest BCUT2D eigenvalue weighted by atomic mass is 19.1. The van der Waals surface area contributed by atoms with E-state index in [-0.39, 0.29) is 12.3 Å². The fourth-order valence-corrected chi connectivity index (χ4v) is 1.74. The van der Waals surface area contributed by atoms with Gasteiger partial charge < -0.3 is 20.2 Å². The lowest BCUT2D eigenvalue weighted by Crippen LogP contribution is -2.40. The third kappa shape index (κ3) is 3.59. The van der Waals surface area contributed by atoms with Crippen LogP contribution in [0.2, 0.25) is 0 Å². The lowest BCUT2D eigenvalue weighted by molar-refractivity contribution is 0.0372. The quantitative estimate of drug-likeness (QED) is 0.812. The molecule has 0 spiro atoms. The van der Waals surface area contributed by atoms with Gasteiger partial charge in [-0.2, -0.15) is 0 Å². The molecule has 2 rings (SSSR count). The Morgan fingerprint density at radius 2 is 1.95 bits per heavy atom. The Morgan fingerprint density at radius 1 is 1.32 bits per heavy atom. The zero-order chi connectivity index (χ0) is 16.3. The van der Waals surface area contributed by atoms with Crippen molar-refractivity contribution in [2.45, 2.75) is 12.5 Å². The van der Waals surface area contributed by atoms with Crippen molar-refractivity contribution in [3.05, 3.63) is 53.7 Å². The second kappa shape index (κ2) is 6.10. The average Bonchev–Trinajstić information content (AvgIpc) is 2.95. The number of halogens is 3. The molecule has 1 atom stereocenters. The summed E-state index contributed by atoms with van der Waals surface area (Å²) in [5.41, 5.74) is -2.28. The van der Waals surface area contributed by atoms with Gasteiger partial charge in [0.15, 0.2) is 11.6 Å². The SMILES string of the molecule is CC(O)(CNC(=O)Nc1c(F)cc(F)cc1F)c1ccco1. The van der Waals surface area contributed by atoms with Gasteiger partial charge in [0.1, 0.15) is 22.9 Å². The highest BCUT2D eigenvalue weighted by Gasteiger charge is 2.27. The number of carbonyl (C=O) groups is 1. The van der Waals surface area contributed by atoms with E-state index in [0.717, 1.165) is 0 Å². The minimum absolute atomic E-state index is 0.215. The molecule has 1 heterocycles. The Labute approximate surface area is 123 Å². The van der Waals surface area contributed by atoms with Crippen molar-refractivity contribution in [1.82, 2.24) is 5.32 Å². The number of nitrogens with one attached hydrogen (secondary N) is 2. The van der Waals surface area contributed by atoms with Gasteiger partial charge in [-0.05, 0) is 19.1 Å². The van der Waals surface area contributed by atoms with Gasteiger partial charge in [0.2, 0.25) is 0 Å². The Bertz CT molecular complexity index is 649. The molecule has 118 valence electrons. The summed E-state index contributed by atoms with van der Waals surface area (Å²) >= 11 is 0. The molecule has 22 heavy (non-hydrogen) atoms. The maximum Gasteiger partial charge on any atom is 0.319 e. The minimum Gasteiger partial charge on any atom is -0.466 e. The molecule has 0 saturated heterocycles. The Kier molecular flexibility index (Phi) is 4.41. The van der Waals surface area contributed by atoms with Gasteiger partial charge in [0.05, 0.1) is 12.8 Å². The highest BCUT2D eigenvalue weighted by molar-refractivity contribution is 5.89. The van der Waals surface area contributed by atoms with E-state index < -0.39 is 34.8 Å². The first-order valence-electron chi connectivity index (χ1n) is 6.25. The van der Waals surface area contributed by atoms with Crippen molar-refractivity contribution in [1.29, 1.82) is 0 Å². The summed E-state index contributed by atoms with van der Waals surface area (Å²) in [6, 6.07) is 3.00. The number of anilines is 1. The van der Waals surface area contributed by atoms with E-state index in [1.807, 2.05) is 5.32 Å². The first-order chi connectivity index (χ1) is 10.3. The number of amides is 2. The lowest BCUT2D eigenvalue weighted by Gasteiger charge is -2.21. The number of carbonyl (C=O) groups excluding carboxylic acids is 1. The van der Waals surface area contributed by atoms with Crippen LogP contribution in [0.1, 0.15) is 12.7 Å². The van der Waals surface area contributed by atoms with Gasteiger partial charge in [-0.15, -0.1) is 0 Å². The molecule has 0 aliphatic rings. The molecular weight excluding hydrogens is 301 g/mol. The fraction of sp³-hybridized carbons (Fsp3) is 0.214. The molecule has 0 aliphatic carbocycles. The average molecular weight is 314 g/mol. The highest BCUT2D eigenvalue weighted by Crippen LogP contribution is 2.21. The monoisotopic (exact) mass is 314 g/mol. The number of aliphatic hydroxyl groups is 1. The zero-order valence-corrected chi connectivity index (χ0v) is 11.5. The molecule has 0 bridgehead atoms. The predicted octanol–water partition coefficient (Wildman–Crippen LogP) is 2.73. The maximum absolute atomic E-state index is 13.4. The smallest absolute Gasteiger partial charge is 0.319 e.